The van der Waals surface area contributed by atoms with Gasteiger partial charge in [-0.3, -0.25) is 0 Å². The molecule has 0 radical (unpaired) electrons. The van der Waals surface area contributed by atoms with Crippen molar-refractivity contribution >= 4 is 15.9 Å². The zero-order valence-electron chi connectivity index (χ0n) is 8.20. The molecule has 0 spiro atoms. The molecule has 14 heavy (non-hydrogen) atoms. The molecule has 0 atom stereocenters. The molecule has 0 fully saturated rings. The number of hydrogen-bond acceptors (Lipinski definition) is 3. The topological polar surface area (TPSA) is 31.4 Å². The highest BCUT2D eigenvalue weighted by Crippen LogP contribution is 2.12. The van der Waals surface area contributed by atoms with Crippen molar-refractivity contribution < 1.29 is 9.47 Å². The Morgan fingerprint density at radius 2 is 2.07 bits per heavy atom. The van der Waals surface area contributed by atoms with E-state index in [1.54, 1.807) is 13.3 Å². The third-order valence-corrected chi connectivity index (χ3v) is 2.18. The van der Waals surface area contributed by atoms with E-state index in [2.05, 4.69) is 20.9 Å². The van der Waals surface area contributed by atoms with Crippen LogP contribution in [0.25, 0.3) is 0 Å². The molecule has 0 N–H and O–H groups in total. The van der Waals surface area contributed by atoms with Crippen molar-refractivity contribution in [2.75, 3.05) is 20.3 Å². The van der Waals surface area contributed by atoms with Crippen LogP contribution in [0.5, 0.6) is 5.75 Å². The third kappa shape index (κ3) is 4.58. The first-order chi connectivity index (χ1) is 6.83. The van der Waals surface area contributed by atoms with E-state index in [0.29, 0.717) is 6.61 Å². The van der Waals surface area contributed by atoms with E-state index in [-0.39, 0.29) is 0 Å². The molecular weight excluding hydrogens is 246 g/mol. The summed E-state index contributed by atoms with van der Waals surface area (Å²) >= 11 is 3.26. The average molecular weight is 260 g/mol. The number of nitrogens with zero attached hydrogens (tertiary/aromatic N) is 1. The van der Waals surface area contributed by atoms with Crippen molar-refractivity contribution in [1.82, 2.24) is 4.98 Å². The molecule has 0 aliphatic rings. The summed E-state index contributed by atoms with van der Waals surface area (Å²) in [5.74, 6) is 0.811. The van der Waals surface area contributed by atoms with Gasteiger partial charge in [-0.25, -0.2) is 4.98 Å². The molecule has 3 nitrogen and oxygen atoms in total. The highest BCUT2D eigenvalue weighted by molar-refractivity contribution is 9.10. The smallest absolute Gasteiger partial charge is 0.137 e. The Kier molecular flexibility index (Phi) is 5.56. The van der Waals surface area contributed by atoms with Gasteiger partial charge in [0.25, 0.3) is 0 Å². The van der Waals surface area contributed by atoms with Crippen LogP contribution < -0.4 is 4.74 Å². The van der Waals surface area contributed by atoms with Crippen LogP contribution in [-0.2, 0) is 4.74 Å². The molecular formula is C10H14BrNO2. The third-order valence-electron chi connectivity index (χ3n) is 1.71. The average Bonchev–Trinajstić information content (AvgIpc) is 2.21. The molecule has 0 aromatic carbocycles. The molecule has 0 bridgehead atoms. The monoisotopic (exact) mass is 259 g/mol. The van der Waals surface area contributed by atoms with Gasteiger partial charge in [-0.1, -0.05) is 0 Å². The van der Waals surface area contributed by atoms with Gasteiger partial charge >= 0.3 is 0 Å². The summed E-state index contributed by atoms with van der Waals surface area (Å²) in [6.45, 7) is 1.51. The largest absolute Gasteiger partial charge is 0.492 e. The lowest BCUT2D eigenvalue weighted by atomic mass is 10.3. The van der Waals surface area contributed by atoms with E-state index in [0.717, 1.165) is 29.8 Å². The standard InChI is InChI=1S/C10H14BrNO2/c1-13-6-2-3-7-14-9-4-5-10(11)12-8-9/h4-5,8H,2-3,6-7H2,1H3. The van der Waals surface area contributed by atoms with Crippen LogP contribution in [0, 0.1) is 0 Å². The van der Waals surface area contributed by atoms with Crippen molar-refractivity contribution in [3.05, 3.63) is 22.9 Å². The first kappa shape index (κ1) is 11.5. The van der Waals surface area contributed by atoms with Crippen molar-refractivity contribution in [1.29, 1.82) is 0 Å². The van der Waals surface area contributed by atoms with Gasteiger partial charge in [-0.15, -0.1) is 0 Å². The molecule has 78 valence electrons. The van der Waals surface area contributed by atoms with Gasteiger partial charge in [0, 0.05) is 13.7 Å². The van der Waals surface area contributed by atoms with Gasteiger partial charge in [0.15, 0.2) is 0 Å². The van der Waals surface area contributed by atoms with Gasteiger partial charge in [0.05, 0.1) is 12.8 Å². The molecule has 0 saturated heterocycles. The van der Waals surface area contributed by atoms with Gasteiger partial charge < -0.3 is 9.47 Å². The molecule has 1 aromatic heterocycles. The first-order valence-electron chi connectivity index (χ1n) is 4.56. The Morgan fingerprint density at radius 1 is 1.29 bits per heavy atom. The van der Waals surface area contributed by atoms with Gasteiger partial charge in [0.2, 0.25) is 0 Å². The van der Waals surface area contributed by atoms with Crippen LogP contribution in [-0.4, -0.2) is 25.3 Å². The highest BCUT2D eigenvalue weighted by Gasteiger charge is 1.94. The zero-order valence-corrected chi connectivity index (χ0v) is 9.79. The maximum atomic E-state index is 5.47. The first-order valence-corrected chi connectivity index (χ1v) is 5.35. The normalized spacial score (nSPS) is 10.1. The number of ether oxygens (including phenoxy) is 2. The minimum absolute atomic E-state index is 0.715. The van der Waals surface area contributed by atoms with E-state index in [4.69, 9.17) is 9.47 Å². The number of unbranched alkanes of at least 4 members (excludes halogenated alkanes) is 1. The fourth-order valence-corrected chi connectivity index (χ4v) is 1.22. The number of halogens is 1. The van der Waals surface area contributed by atoms with Gasteiger partial charge in [-0.05, 0) is 40.9 Å². The molecule has 0 aliphatic carbocycles. The van der Waals surface area contributed by atoms with Crippen LogP contribution in [0.4, 0.5) is 0 Å². The van der Waals surface area contributed by atoms with Gasteiger partial charge in [-0.2, -0.15) is 0 Å². The van der Waals surface area contributed by atoms with Crippen molar-refractivity contribution in [2.24, 2.45) is 0 Å². The van der Waals surface area contributed by atoms with Crippen LogP contribution >= 0.6 is 15.9 Å². The second-order valence-electron chi connectivity index (χ2n) is 2.86. The summed E-state index contributed by atoms with van der Waals surface area (Å²) in [6, 6.07) is 3.76. The van der Waals surface area contributed by atoms with E-state index >= 15 is 0 Å². The zero-order chi connectivity index (χ0) is 10.2. The number of pyridine rings is 1. The molecule has 4 heteroatoms. The minimum Gasteiger partial charge on any atom is -0.492 e. The lowest BCUT2D eigenvalue weighted by molar-refractivity contribution is 0.184. The van der Waals surface area contributed by atoms with Crippen molar-refractivity contribution in [2.45, 2.75) is 12.8 Å². The maximum Gasteiger partial charge on any atom is 0.137 e. The summed E-state index contributed by atoms with van der Waals surface area (Å²) in [5.41, 5.74) is 0. The van der Waals surface area contributed by atoms with Crippen LogP contribution in [0.3, 0.4) is 0 Å². The quantitative estimate of drug-likeness (QED) is 0.582. The molecule has 1 rings (SSSR count). The molecule has 0 amide bonds. The van der Waals surface area contributed by atoms with Crippen LogP contribution in [0.15, 0.2) is 22.9 Å². The second-order valence-corrected chi connectivity index (χ2v) is 3.68. The summed E-state index contributed by atoms with van der Waals surface area (Å²) in [5, 5.41) is 0. The number of aromatic nitrogens is 1. The fourth-order valence-electron chi connectivity index (χ4n) is 0.986. The lowest BCUT2D eigenvalue weighted by Crippen LogP contribution is -1.99. The van der Waals surface area contributed by atoms with E-state index < -0.39 is 0 Å². The predicted octanol–water partition coefficient (Wildman–Crippen LogP) is 2.65. The SMILES string of the molecule is COCCCCOc1ccc(Br)nc1. The Balaban J connectivity index is 2.15. The summed E-state index contributed by atoms with van der Waals surface area (Å²) in [4.78, 5) is 4.06. The van der Waals surface area contributed by atoms with Crippen molar-refractivity contribution in [3.8, 4) is 5.75 Å². The summed E-state index contributed by atoms with van der Waals surface area (Å²) in [7, 11) is 1.71. The summed E-state index contributed by atoms with van der Waals surface area (Å²) in [6.07, 6.45) is 3.74. The molecule has 0 unspecified atom stereocenters. The maximum absolute atomic E-state index is 5.47. The summed E-state index contributed by atoms with van der Waals surface area (Å²) < 4.78 is 11.2. The van der Waals surface area contributed by atoms with Crippen LogP contribution in [0.1, 0.15) is 12.8 Å². The minimum atomic E-state index is 0.715. The van der Waals surface area contributed by atoms with E-state index in [1.165, 1.54) is 0 Å². The second kappa shape index (κ2) is 6.79. The molecule has 0 saturated carbocycles. The Hall–Kier alpha value is -0.610. The molecule has 1 aromatic rings. The van der Waals surface area contributed by atoms with Crippen molar-refractivity contribution in [3.63, 3.8) is 0 Å². The Morgan fingerprint density at radius 3 is 2.71 bits per heavy atom. The molecule has 0 aliphatic heterocycles. The highest BCUT2D eigenvalue weighted by atomic mass is 79.9. The van der Waals surface area contributed by atoms with Gasteiger partial charge in [0.1, 0.15) is 10.4 Å². The lowest BCUT2D eigenvalue weighted by Gasteiger charge is -2.04. The Labute approximate surface area is 92.6 Å². The number of methoxy groups -OCH3 is 1. The van der Waals surface area contributed by atoms with Crippen LogP contribution in [0.2, 0.25) is 0 Å². The fraction of sp³-hybridized carbons (Fsp3) is 0.500. The van der Waals surface area contributed by atoms with E-state index in [1.807, 2.05) is 12.1 Å². The van der Waals surface area contributed by atoms with E-state index in [9.17, 15) is 0 Å². The number of rotatable bonds is 6. The Bertz CT molecular complexity index is 251. The predicted molar refractivity (Wildman–Crippen MR) is 58.5 cm³/mol. The molecule has 1 heterocycles. The number of hydrogen-bond donors (Lipinski definition) is 0.